The maximum atomic E-state index is 11.9. The van der Waals surface area contributed by atoms with Crippen molar-refractivity contribution in [2.24, 2.45) is 5.73 Å². The van der Waals surface area contributed by atoms with Gasteiger partial charge in [-0.25, -0.2) is 0 Å². The van der Waals surface area contributed by atoms with Crippen molar-refractivity contribution in [1.82, 2.24) is 10.2 Å². The molecule has 0 radical (unpaired) electrons. The largest absolute Gasteiger partial charge is 0.379 e. The molecule has 0 aliphatic rings. The first kappa shape index (κ1) is 17.4. The van der Waals surface area contributed by atoms with Crippen molar-refractivity contribution in [1.29, 1.82) is 0 Å². The Labute approximate surface area is 111 Å². The Morgan fingerprint density at radius 3 is 2.67 bits per heavy atom. The van der Waals surface area contributed by atoms with Crippen LogP contribution in [-0.4, -0.2) is 56.2 Å². The Morgan fingerprint density at radius 1 is 1.39 bits per heavy atom. The highest BCUT2D eigenvalue weighted by Gasteiger charge is 2.18. The van der Waals surface area contributed by atoms with Crippen LogP contribution in [0, 0.1) is 0 Å². The van der Waals surface area contributed by atoms with Crippen LogP contribution in [0.5, 0.6) is 0 Å². The van der Waals surface area contributed by atoms with Gasteiger partial charge < -0.3 is 15.8 Å². The highest BCUT2D eigenvalue weighted by atomic mass is 16.5. The Hall–Kier alpha value is -0.650. The van der Waals surface area contributed by atoms with E-state index in [-0.39, 0.29) is 11.9 Å². The number of nitrogens with two attached hydrogens (primary N) is 1. The van der Waals surface area contributed by atoms with Crippen molar-refractivity contribution >= 4 is 5.91 Å². The first-order valence-electron chi connectivity index (χ1n) is 6.96. The lowest BCUT2D eigenvalue weighted by atomic mass is 10.2. The van der Waals surface area contributed by atoms with Crippen LogP contribution in [0.1, 0.15) is 33.6 Å². The van der Waals surface area contributed by atoms with Crippen molar-refractivity contribution < 1.29 is 9.53 Å². The van der Waals surface area contributed by atoms with E-state index in [1.807, 2.05) is 6.92 Å². The summed E-state index contributed by atoms with van der Waals surface area (Å²) in [7, 11) is 0. The molecule has 0 rings (SSSR count). The van der Waals surface area contributed by atoms with Gasteiger partial charge in [-0.2, -0.15) is 0 Å². The molecule has 0 aliphatic heterocycles. The van der Waals surface area contributed by atoms with Crippen molar-refractivity contribution in [3.05, 3.63) is 0 Å². The van der Waals surface area contributed by atoms with Crippen molar-refractivity contribution in [3.63, 3.8) is 0 Å². The van der Waals surface area contributed by atoms with Crippen molar-refractivity contribution in [2.45, 2.75) is 39.7 Å². The molecule has 5 nitrogen and oxygen atoms in total. The number of hydrogen-bond acceptors (Lipinski definition) is 4. The van der Waals surface area contributed by atoms with E-state index in [0.29, 0.717) is 19.8 Å². The predicted molar refractivity (Wildman–Crippen MR) is 74.5 cm³/mol. The molecule has 0 spiro atoms. The van der Waals surface area contributed by atoms with Crippen molar-refractivity contribution in [2.75, 3.05) is 39.4 Å². The number of carbonyl (C=O) groups is 1. The van der Waals surface area contributed by atoms with E-state index in [1.165, 1.54) is 0 Å². The average molecular weight is 259 g/mol. The summed E-state index contributed by atoms with van der Waals surface area (Å²) in [5.41, 5.74) is 5.35. The normalized spacial score (nSPS) is 12.7. The molecule has 0 aromatic rings. The first-order chi connectivity index (χ1) is 8.67. The number of nitrogens with zero attached hydrogens (tertiary/aromatic N) is 1. The molecule has 0 bridgehead atoms. The fourth-order valence-electron chi connectivity index (χ4n) is 1.69. The molecule has 1 unspecified atom stereocenters. The molecule has 18 heavy (non-hydrogen) atoms. The fraction of sp³-hybridized carbons (Fsp3) is 0.923. The molecule has 0 saturated heterocycles. The third-order valence-corrected chi connectivity index (χ3v) is 2.95. The Morgan fingerprint density at radius 2 is 2.11 bits per heavy atom. The summed E-state index contributed by atoms with van der Waals surface area (Å²) in [5, 5.41) is 2.96. The van der Waals surface area contributed by atoms with Crippen LogP contribution in [0.15, 0.2) is 0 Å². The zero-order chi connectivity index (χ0) is 13.8. The maximum Gasteiger partial charge on any atom is 0.237 e. The van der Waals surface area contributed by atoms with E-state index in [0.717, 1.165) is 32.5 Å². The molecular formula is C13H29N3O2. The molecular weight excluding hydrogens is 230 g/mol. The number of unbranched alkanes of at least 4 members (excludes halogenated alkanes) is 1. The minimum Gasteiger partial charge on any atom is -0.379 e. The summed E-state index contributed by atoms with van der Waals surface area (Å²) in [5.74, 6) is 0.101. The molecule has 1 amide bonds. The topological polar surface area (TPSA) is 67.6 Å². The van der Waals surface area contributed by atoms with Crippen LogP contribution < -0.4 is 11.1 Å². The quantitative estimate of drug-likeness (QED) is 0.533. The van der Waals surface area contributed by atoms with Crippen molar-refractivity contribution in [3.8, 4) is 0 Å². The average Bonchev–Trinajstić information content (AvgIpc) is 2.38. The zero-order valence-electron chi connectivity index (χ0n) is 12.1. The van der Waals surface area contributed by atoms with Gasteiger partial charge in [0.1, 0.15) is 0 Å². The van der Waals surface area contributed by atoms with Crippen LogP contribution in [0.25, 0.3) is 0 Å². The molecule has 0 aromatic heterocycles. The number of rotatable bonds is 11. The van der Waals surface area contributed by atoms with Crippen LogP contribution >= 0.6 is 0 Å². The molecule has 0 saturated carbocycles. The second-order valence-electron chi connectivity index (χ2n) is 4.35. The van der Waals surface area contributed by atoms with E-state index in [4.69, 9.17) is 10.5 Å². The third kappa shape index (κ3) is 7.63. The number of nitrogens with one attached hydrogen (secondary N) is 1. The lowest BCUT2D eigenvalue weighted by Crippen LogP contribution is -2.46. The van der Waals surface area contributed by atoms with Gasteiger partial charge in [-0.05, 0) is 19.9 Å². The highest BCUT2D eigenvalue weighted by molar-refractivity contribution is 5.81. The first-order valence-corrected chi connectivity index (χ1v) is 6.96. The maximum absolute atomic E-state index is 11.9. The smallest absolute Gasteiger partial charge is 0.237 e. The summed E-state index contributed by atoms with van der Waals surface area (Å²) in [6, 6.07) is -0.103. The molecule has 3 N–H and O–H groups in total. The zero-order valence-corrected chi connectivity index (χ0v) is 12.1. The molecule has 108 valence electrons. The minimum atomic E-state index is -0.103. The number of carbonyl (C=O) groups excluding carboxylic acids is 1. The number of ether oxygens (including phenoxy) is 1. The van der Waals surface area contributed by atoms with E-state index in [9.17, 15) is 4.79 Å². The Balaban J connectivity index is 3.92. The predicted octanol–water partition coefficient (Wildman–Crippen LogP) is 0.588. The van der Waals surface area contributed by atoms with E-state index in [2.05, 4.69) is 24.1 Å². The summed E-state index contributed by atoms with van der Waals surface area (Å²) < 4.78 is 5.35. The van der Waals surface area contributed by atoms with Gasteiger partial charge in [-0.3, -0.25) is 9.69 Å². The fourth-order valence-corrected chi connectivity index (χ4v) is 1.69. The van der Waals surface area contributed by atoms with Gasteiger partial charge >= 0.3 is 0 Å². The van der Waals surface area contributed by atoms with Crippen LogP contribution in [0.3, 0.4) is 0 Å². The monoisotopic (exact) mass is 259 g/mol. The van der Waals surface area contributed by atoms with Gasteiger partial charge in [0.05, 0.1) is 19.3 Å². The molecule has 0 aliphatic carbocycles. The summed E-state index contributed by atoms with van der Waals surface area (Å²) in [6.07, 6.45) is 2.13. The van der Waals surface area contributed by atoms with Gasteiger partial charge in [-0.15, -0.1) is 0 Å². The second kappa shape index (κ2) is 11.4. The lowest BCUT2D eigenvalue weighted by molar-refractivity contribution is -0.126. The number of amides is 1. The van der Waals surface area contributed by atoms with Gasteiger partial charge in [0, 0.05) is 19.6 Å². The highest BCUT2D eigenvalue weighted by Crippen LogP contribution is 1.99. The van der Waals surface area contributed by atoms with Gasteiger partial charge in [0.2, 0.25) is 5.91 Å². The minimum absolute atomic E-state index is 0.101. The summed E-state index contributed by atoms with van der Waals surface area (Å²) >= 11 is 0. The van der Waals surface area contributed by atoms with E-state index >= 15 is 0 Å². The Bertz CT molecular complexity index is 212. The molecule has 0 aromatic carbocycles. The summed E-state index contributed by atoms with van der Waals surface area (Å²) in [6.45, 7) is 10.2. The molecule has 1 atom stereocenters. The van der Waals surface area contributed by atoms with Gasteiger partial charge in [-0.1, -0.05) is 20.3 Å². The number of likely N-dealkylation sites (N-methyl/N-ethyl adjacent to an activating group) is 1. The van der Waals surface area contributed by atoms with E-state index < -0.39 is 0 Å². The molecule has 5 heteroatoms. The molecule has 0 fully saturated rings. The third-order valence-electron chi connectivity index (χ3n) is 2.95. The van der Waals surface area contributed by atoms with Crippen LogP contribution in [-0.2, 0) is 9.53 Å². The lowest BCUT2D eigenvalue weighted by Gasteiger charge is -2.26. The Kier molecular flexibility index (Phi) is 11.0. The summed E-state index contributed by atoms with van der Waals surface area (Å²) in [4.78, 5) is 14.0. The SMILES string of the molecule is CCCCNC(=O)C(C)N(CC)CCOCCN. The van der Waals surface area contributed by atoms with Gasteiger partial charge in [0.25, 0.3) is 0 Å². The van der Waals surface area contributed by atoms with Gasteiger partial charge in [0.15, 0.2) is 0 Å². The van der Waals surface area contributed by atoms with Crippen LogP contribution in [0.2, 0.25) is 0 Å². The standard InChI is InChI=1S/C13H29N3O2/c1-4-6-8-15-13(17)12(3)16(5-2)9-11-18-10-7-14/h12H,4-11,14H2,1-3H3,(H,15,17). The second-order valence-corrected chi connectivity index (χ2v) is 4.35. The van der Waals surface area contributed by atoms with E-state index in [1.54, 1.807) is 0 Å². The number of hydrogen-bond donors (Lipinski definition) is 2. The molecule has 0 heterocycles. The van der Waals surface area contributed by atoms with Crippen LogP contribution in [0.4, 0.5) is 0 Å².